The summed E-state index contributed by atoms with van der Waals surface area (Å²) in [5, 5.41) is 2.10. The van der Waals surface area contributed by atoms with Crippen LogP contribution in [0.25, 0.3) is 0 Å². The van der Waals surface area contributed by atoms with Crippen molar-refractivity contribution in [1.82, 2.24) is 9.55 Å². The fourth-order valence-corrected chi connectivity index (χ4v) is 2.24. The van der Waals surface area contributed by atoms with Crippen molar-refractivity contribution in [2.24, 2.45) is 4.99 Å². The third kappa shape index (κ3) is 3.03. The Morgan fingerprint density at radius 3 is 3.19 bits per heavy atom. The lowest BCUT2D eigenvalue weighted by Gasteiger charge is -1.98. The Morgan fingerprint density at radius 2 is 2.50 bits per heavy atom. The molecule has 0 unspecified atom stereocenters. The molecule has 2 rings (SSSR count). The highest BCUT2D eigenvalue weighted by Gasteiger charge is 1.94. The Kier molecular flexibility index (Phi) is 3.88. The summed E-state index contributed by atoms with van der Waals surface area (Å²) in [6, 6.07) is 2.12. The molecule has 0 radical (unpaired) electrons. The van der Waals surface area contributed by atoms with E-state index in [-0.39, 0.29) is 0 Å². The number of hydrogen-bond donors (Lipinski definition) is 0. The van der Waals surface area contributed by atoms with Gasteiger partial charge in [0.25, 0.3) is 0 Å². The molecule has 0 saturated heterocycles. The number of rotatable bonds is 5. The summed E-state index contributed by atoms with van der Waals surface area (Å²) >= 11 is 1.74. The van der Waals surface area contributed by atoms with Crippen molar-refractivity contribution in [2.75, 3.05) is 6.54 Å². The fraction of sp³-hybridized carbons (Fsp3) is 0.333. The van der Waals surface area contributed by atoms with Crippen LogP contribution in [0.5, 0.6) is 0 Å². The van der Waals surface area contributed by atoms with Crippen LogP contribution in [0.4, 0.5) is 0 Å². The first-order chi connectivity index (χ1) is 7.86. The van der Waals surface area contributed by atoms with Crippen molar-refractivity contribution in [1.29, 1.82) is 0 Å². The van der Waals surface area contributed by atoms with Gasteiger partial charge in [-0.1, -0.05) is 0 Å². The third-order valence-electron chi connectivity index (χ3n) is 2.37. The van der Waals surface area contributed by atoms with Gasteiger partial charge in [0.1, 0.15) is 0 Å². The van der Waals surface area contributed by atoms with Crippen LogP contribution in [0, 0.1) is 6.92 Å². The Morgan fingerprint density at radius 1 is 1.56 bits per heavy atom. The summed E-state index contributed by atoms with van der Waals surface area (Å²) in [7, 11) is 0. The lowest BCUT2D eigenvalue weighted by molar-refractivity contribution is 0.651. The summed E-state index contributed by atoms with van der Waals surface area (Å²) in [6.07, 6.45) is 8.66. The molecule has 2 heterocycles. The average Bonchev–Trinajstić information content (AvgIpc) is 2.90. The van der Waals surface area contributed by atoms with Gasteiger partial charge < -0.3 is 4.57 Å². The van der Waals surface area contributed by atoms with Gasteiger partial charge in [-0.25, -0.2) is 4.98 Å². The molecule has 0 saturated carbocycles. The van der Waals surface area contributed by atoms with Gasteiger partial charge in [-0.2, -0.15) is 0 Å². The van der Waals surface area contributed by atoms with E-state index in [1.54, 1.807) is 17.5 Å². The van der Waals surface area contributed by atoms with E-state index in [2.05, 4.69) is 32.9 Å². The van der Waals surface area contributed by atoms with Gasteiger partial charge in [0.2, 0.25) is 0 Å². The predicted octanol–water partition coefficient (Wildman–Crippen LogP) is 2.76. The highest BCUT2D eigenvalue weighted by atomic mass is 32.1. The second-order valence-electron chi connectivity index (χ2n) is 3.66. The highest BCUT2D eigenvalue weighted by molar-refractivity contribution is 7.11. The number of imidazole rings is 1. The van der Waals surface area contributed by atoms with Crippen LogP contribution < -0.4 is 0 Å². The summed E-state index contributed by atoms with van der Waals surface area (Å²) in [6.45, 7) is 3.97. The van der Waals surface area contributed by atoms with E-state index in [1.807, 2.05) is 18.7 Å². The van der Waals surface area contributed by atoms with Crippen LogP contribution in [0.1, 0.15) is 16.9 Å². The standard InChI is InChI=1S/C12H15N3S/c1-11-3-8-16-12(11)9-13-4-2-6-15-7-5-14-10-15/h3,5,7-10H,2,4,6H2,1H3. The number of hydrogen-bond acceptors (Lipinski definition) is 3. The van der Waals surface area contributed by atoms with E-state index in [1.165, 1.54) is 10.4 Å². The van der Waals surface area contributed by atoms with Crippen molar-refractivity contribution in [3.8, 4) is 0 Å². The van der Waals surface area contributed by atoms with Gasteiger partial charge in [-0.3, -0.25) is 4.99 Å². The van der Waals surface area contributed by atoms with Crippen LogP contribution in [0.2, 0.25) is 0 Å². The lowest BCUT2D eigenvalue weighted by atomic mass is 10.3. The first-order valence-electron chi connectivity index (χ1n) is 5.36. The topological polar surface area (TPSA) is 30.2 Å². The predicted molar refractivity (Wildman–Crippen MR) is 68.4 cm³/mol. The zero-order valence-corrected chi connectivity index (χ0v) is 10.2. The van der Waals surface area contributed by atoms with Crippen LogP contribution in [0.15, 0.2) is 35.2 Å². The molecule has 0 aliphatic carbocycles. The van der Waals surface area contributed by atoms with Gasteiger partial charge >= 0.3 is 0 Å². The fourth-order valence-electron chi connectivity index (χ4n) is 1.43. The van der Waals surface area contributed by atoms with Crippen molar-refractivity contribution in [3.63, 3.8) is 0 Å². The van der Waals surface area contributed by atoms with Crippen molar-refractivity contribution in [3.05, 3.63) is 40.6 Å². The molecule has 4 heteroatoms. The van der Waals surface area contributed by atoms with E-state index < -0.39 is 0 Å². The third-order valence-corrected chi connectivity index (χ3v) is 3.33. The molecule has 0 N–H and O–H groups in total. The molecular weight excluding hydrogens is 218 g/mol. The molecule has 0 bridgehead atoms. The maximum Gasteiger partial charge on any atom is 0.0945 e. The molecule has 0 aromatic carbocycles. The zero-order valence-electron chi connectivity index (χ0n) is 9.34. The molecule has 84 valence electrons. The number of nitrogens with zero attached hydrogens (tertiary/aromatic N) is 3. The van der Waals surface area contributed by atoms with Crippen molar-refractivity contribution in [2.45, 2.75) is 19.9 Å². The van der Waals surface area contributed by atoms with Crippen LogP contribution in [0.3, 0.4) is 0 Å². The van der Waals surface area contributed by atoms with Crippen LogP contribution in [-0.4, -0.2) is 22.3 Å². The Labute approximate surface area is 99.5 Å². The van der Waals surface area contributed by atoms with Gasteiger partial charge in [0.15, 0.2) is 0 Å². The highest BCUT2D eigenvalue weighted by Crippen LogP contribution is 2.12. The minimum atomic E-state index is 0.871. The number of aryl methyl sites for hydroxylation is 2. The molecule has 3 nitrogen and oxygen atoms in total. The molecule has 0 aliphatic rings. The second kappa shape index (κ2) is 5.61. The van der Waals surface area contributed by atoms with E-state index in [0.29, 0.717) is 0 Å². The molecule has 2 aromatic heterocycles. The monoisotopic (exact) mass is 233 g/mol. The van der Waals surface area contributed by atoms with E-state index in [9.17, 15) is 0 Å². The molecule has 2 aromatic rings. The zero-order chi connectivity index (χ0) is 11.2. The van der Waals surface area contributed by atoms with E-state index in [4.69, 9.17) is 0 Å². The maximum atomic E-state index is 4.43. The normalized spacial score (nSPS) is 11.3. The quantitative estimate of drug-likeness (QED) is 0.577. The maximum absolute atomic E-state index is 4.43. The van der Waals surface area contributed by atoms with E-state index >= 15 is 0 Å². The second-order valence-corrected chi connectivity index (χ2v) is 4.60. The smallest absolute Gasteiger partial charge is 0.0945 e. The Bertz CT molecular complexity index is 443. The number of aromatic nitrogens is 2. The van der Waals surface area contributed by atoms with Crippen LogP contribution in [-0.2, 0) is 6.54 Å². The molecular formula is C12H15N3S. The number of aliphatic imine (C=N–C) groups is 1. The summed E-state index contributed by atoms with van der Waals surface area (Å²) < 4.78 is 2.08. The molecule has 0 amide bonds. The molecule has 0 spiro atoms. The Hall–Kier alpha value is -1.42. The SMILES string of the molecule is Cc1ccsc1C=NCCCn1ccnc1. The first kappa shape index (κ1) is 11.1. The van der Waals surface area contributed by atoms with Gasteiger partial charge in [-0.05, 0) is 30.4 Å². The molecule has 0 atom stereocenters. The minimum Gasteiger partial charge on any atom is -0.337 e. The molecule has 16 heavy (non-hydrogen) atoms. The summed E-state index contributed by atoms with van der Waals surface area (Å²) in [4.78, 5) is 9.69. The number of thiophene rings is 1. The average molecular weight is 233 g/mol. The van der Waals surface area contributed by atoms with Crippen molar-refractivity contribution < 1.29 is 0 Å². The van der Waals surface area contributed by atoms with Gasteiger partial charge in [0.05, 0.1) is 6.33 Å². The Balaban J connectivity index is 1.72. The summed E-state index contributed by atoms with van der Waals surface area (Å²) in [5.74, 6) is 0. The summed E-state index contributed by atoms with van der Waals surface area (Å²) in [5.41, 5.74) is 1.31. The van der Waals surface area contributed by atoms with Gasteiger partial charge in [-0.15, -0.1) is 11.3 Å². The largest absolute Gasteiger partial charge is 0.337 e. The lowest BCUT2D eigenvalue weighted by Crippen LogP contribution is -1.96. The van der Waals surface area contributed by atoms with Gasteiger partial charge in [0, 0.05) is 36.6 Å². The minimum absolute atomic E-state index is 0.871. The first-order valence-corrected chi connectivity index (χ1v) is 6.24. The van der Waals surface area contributed by atoms with E-state index in [0.717, 1.165) is 19.5 Å². The molecule has 0 fully saturated rings. The van der Waals surface area contributed by atoms with Crippen LogP contribution >= 0.6 is 11.3 Å². The van der Waals surface area contributed by atoms with Crippen molar-refractivity contribution >= 4 is 17.6 Å². The molecule has 0 aliphatic heterocycles.